The predicted molar refractivity (Wildman–Crippen MR) is 65.3 cm³/mol. The van der Waals surface area contributed by atoms with Crippen molar-refractivity contribution in [3.63, 3.8) is 0 Å². The van der Waals surface area contributed by atoms with Crippen LogP contribution < -0.4 is 0 Å². The summed E-state index contributed by atoms with van der Waals surface area (Å²) in [6.45, 7) is 4.52. The zero-order valence-corrected chi connectivity index (χ0v) is 10.8. The molecule has 0 saturated heterocycles. The van der Waals surface area contributed by atoms with Gasteiger partial charge in [-0.25, -0.2) is 0 Å². The highest BCUT2D eigenvalue weighted by Gasteiger charge is 2.56. The second-order valence-electron chi connectivity index (χ2n) is 5.88. The summed E-state index contributed by atoms with van der Waals surface area (Å²) < 4.78 is 0. The van der Waals surface area contributed by atoms with Crippen molar-refractivity contribution in [2.75, 3.05) is 13.2 Å². The Morgan fingerprint density at radius 3 is 2.41 bits per heavy atom. The third kappa shape index (κ3) is 1.93. The van der Waals surface area contributed by atoms with Crippen molar-refractivity contribution < 1.29 is 15.0 Å². The molecule has 3 heteroatoms. The number of fused-ring (bicyclic) bond motifs is 1. The van der Waals surface area contributed by atoms with Crippen LogP contribution in [0.15, 0.2) is 0 Å². The summed E-state index contributed by atoms with van der Waals surface area (Å²) in [5.74, 6) is 1.54. The van der Waals surface area contributed by atoms with Crippen LogP contribution in [0.1, 0.15) is 33.1 Å². The van der Waals surface area contributed by atoms with E-state index in [1.807, 2.05) is 0 Å². The van der Waals surface area contributed by atoms with Crippen molar-refractivity contribution in [1.29, 1.82) is 0 Å². The normalized spacial score (nSPS) is 45.3. The highest BCUT2D eigenvalue weighted by Crippen LogP contribution is 2.54. The fourth-order valence-electron chi connectivity index (χ4n) is 4.35. The van der Waals surface area contributed by atoms with Gasteiger partial charge in [-0.15, -0.1) is 0 Å². The van der Waals surface area contributed by atoms with Crippen molar-refractivity contribution in [3.8, 4) is 0 Å². The largest absolute Gasteiger partial charge is 0.396 e. The lowest BCUT2D eigenvalue weighted by molar-refractivity contribution is -0.126. The Morgan fingerprint density at radius 1 is 1.24 bits per heavy atom. The molecule has 0 amide bonds. The number of aliphatic hydroxyl groups is 2. The van der Waals surface area contributed by atoms with E-state index in [9.17, 15) is 15.0 Å². The van der Waals surface area contributed by atoms with E-state index in [1.54, 1.807) is 0 Å². The van der Waals surface area contributed by atoms with Gasteiger partial charge in [-0.2, -0.15) is 0 Å². The summed E-state index contributed by atoms with van der Waals surface area (Å²) in [5.41, 5.74) is 0. The number of hydrogen-bond acceptors (Lipinski definition) is 3. The minimum atomic E-state index is 0.0173. The highest BCUT2D eigenvalue weighted by molar-refractivity contribution is 5.87. The second kappa shape index (κ2) is 5.07. The van der Waals surface area contributed by atoms with Crippen molar-refractivity contribution in [3.05, 3.63) is 0 Å². The number of Topliss-reactive ketones (excluding diaryl/α,β-unsaturated/α-hetero) is 1. The monoisotopic (exact) mass is 240 g/mol. The van der Waals surface area contributed by atoms with Gasteiger partial charge in [0.2, 0.25) is 0 Å². The first-order valence-corrected chi connectivity index (χ1v) is 6.91. The molecular weight excluding hydrogens is 216 g/mol. The van der Waals surface area contributed by atoms with E-state index < -0.39 is 0 Å². The van der Waals surface area contributed by atoms with E-state index in [1.165, 1.54) is 0 Å². The smallest absolute Gasteiger partial charge is 0.139 e. The van der Waals surface area contributed by atoms with Gasteiger partial charge in [-0.05, 0) is 36.5 Å². The number of rotatable bonds is 4. The molecule has 2 aliphatic rings. The molecule has 0 bridgehead atoms. The average Bonchev–Trinajstić information content (AvgIpc) is 2.82. The number of carbonyl (C=O) groups excluding carboxylic acids is 1. The number of aliphatic hydroxyl groups excluding tert-OH is 2. The van der Waals surface area contributed by atoms with Crippen LogP contribution in [0.3, 0.4) is 0 Å². The standard InChI is InChI=1S/C14H24O3/c1-3-4-11-8(2)12-9(6-15)5-10(7-16)13(12)14(11)17/h8-13,15-16H,3-7H2,1-2H3/t8-,9-,10+,11-,12-,13+/m0/s1. The first kappa shape index (κ1) is 13.0. The fraction of sp³-hybridized carbons (Fsp3) is 0.929. The van der Waals surface area contributed by atoms with Gasteiger partial charge in [0.15, 0.2) is 0 Å². The van der Waals surface area contributed by atoms with Gasteiger partial charge in [-0.3, -0.25) is 4.79 Å². The maximum absolute atomic E-state index is 12.4. The Kier molecular flexibility index (Phi) is 3.88. The number of hydrogen-bond donors (Lipinski definition) is 2. The van der Waals surface area contributed by atoms with Crippen molar-refractivity contribution in [2.45, 2.75) is 33.1 Å². The van der Waals surface area contributed by atoms with Gasteiger partial charge in [0.1, 0.15) is 5.78 Å². The molecule has 98 valence electrons. The van der Waals surface area contributed by atoms with Crippen LogP contribution >= 0.6 is 0 Å². The Balaban J connectivity index is 2.22. The molecular formula is C14H24O3. The molecule has 0 heterocycles. The van der Waals surface area contributed by atoms with Gasteiger partial charge in [0.25, 0.3) is 0 Å². The van der Waals surface area contributed by atoms with Crippen LogP contribution in [-0.4, -0.2) is 29.2 Å². The molecule has 0 unspecified atom stereocenters. The summed E-state index contributed by atoms with van der Waals surface area (Å²) in [4.78, 5) is 12.4. The summed E-state index contributed by atoms with van der Waals surface area (Å²) in [6.07, 6.45) is 2.81. The molecule has 2 N–H and O–H groups in total. The average molecular weight is 240 g/mol. The zero-order chi connectivity index (χ0) is 12.6. The molecule has 17 heavy (non-hydrogen) atoms. The highest BCUT2D eigenvalue weighted by atomic mass is 16.3. The van der Waals surface area contributed by atoms with E-state index in [0.29, 0.717) is 17.6 Å². The molecule has 6 atom stereocenters. The van der Waals surface area contributed by atoms with Crippen LogP contribution in [0.4, 0.5) is 0 Å². The molecule has 0 aromatic carbocycles. The lowest BCUT2D eigenvalue weighted by Gasteiger charge is -2.23. The molecule has 0 spiro atoms. The quantitative estimate of drug-likeness (QED) is 0.782. The number of carbonyl (C=O) groups is 1. The lowest BCUT2D eigenvalue weighted by atomic mass is 9.82. The predicted octanol–water partition coefficient (Wildman–Crippen LogP) is 1.47. The number of ketones is 1. The minimum absolute atomic E-state index is 0.0173. The van der Waals surface area contributed by atoms with Gasteiger partial charge in [0, 0.05) is 25.0 Å². The van der Waals surface area contributed by atoms with Gasteiger partial charge in [-0.1, -0.05) is 20.3 Å². The Hall–Kier alpha value is -0.410. The van der Waals surface area contributed by atoms with E-state index in [0.717, 1.165) is 19.3 Å². The van der Waals surface area contributed by atoms with Crippen LogP contribution in [0.2, 0.25) is 0 Å². The molecule has 2 fully saturated rings. The maximum atomic E-state index is 12.4. The van der Waals surface area contributed by atoms with Crippen LogP contribution in [0.5, 0.6) is 0 Å². The van der Waals surface area contributed by atoms with Gasteiger partial charge >= 0.3 is 0 Å². The van der Waals surface area contributed by atoms with E-state index in [2.05, 4.69) is 13.8 Å². The SMILES string of the molecule is CCC[C@@H]1C(=O)[C@@H]2[C@@H](CO)C[C@@H](CO)[C@@H]2[C@H]1C. The summed E-state index contributed by atoms with van der Waals surface area (Å²) in [5, 5.41) is 18.9. The molecule has 0 radical (unpaired) electrons. The second-order valence-corrected chi connectivity index (χ2v) is 5.88. The van der Waals surface area contributed by atoms with Crippen molar-refractivity contribution >= 4 is 5.78 Å². The molecule has 3 nitrogen and oxygen atoms in total. The van der Waals surface area contributed by atoms with Crippen molar-refractivity contribution in [1.82, 2.24) is 0 Å². The first-order valence-electron chi connectivity index (χ1n) is 6.91. The topological polar surface area (TPSA) is 57.5 Å². The van der Waals surface area contributed by atoms with Gasteiger partial charge in [0.05, 0.1) is 0 Å². The third-order valence-corrected chi connectivity index (χ3v) is 5.08. The molecule has 2 rings (SSSR count). The Labute approximate surface area is 103 Å². The van der Waals surface area contributed by atoms with Crippen molar-refractivity contribution in [2.24, 2.45) is 35.5 Å². The van der Waals surface area contributed by atoms with Crippen LogP contribution in [0.25, 0.3) is 0 Å². The van der Waals surface area contributed by atoms with E-state index >= 15 is 0 Å². The maximum Gasteiger partial charge on any atom is 0.139 e. The third-order valence-electron chi connectivity index (χ3n) is 5.08. The minimum Gasteiger partial charge on any atom is -0.396 e. The van der Waals surface area contributed by atoms with Gasteiger partial charge < -0.3 is 10.2 Å². The Bertz CT molecular complexity index is 289. The summed E-state index contributed by atoms with van der Waals surface area (Å²) in [7, 11) is 0. The molecule has 0 aromatic rings. The first-order chi connectivity index (χ1) is 8.15. The molecule has 2 aliphatic carbocycles. The molecule has 0 aliphatic heterocycles. The van der Waals surface area contributed by atoms with E-state index in [4.69, 9.17) is 0 Å². The fourth-order valence-corrected chi connectivity index (χ4v) is 4.35. The molecule has 2 saturated carbocycles. The van der Waals surface area contributed by atoms with Crippen LogP contribution in [0, 0.1) is 35.5 Å². The summed E-state index contributed by atoms with van der Waals surface area (Å²) in [6, 6.07) is 0. The lowest BCUT2D eigenvalue weighted by Crippen LogP contribution is -2.23. The van der Waals surface area contributed by atoms with Crippen LogP contribution in [-0.2, 0) is 4.79 Å². The summed E-state index contributed by atoms with van der Waals surface area (Å²) >= 11 is 0. The molecule has 0 aromatic heterocycles. The van der Waals surface area contributed by atoms with E-state index in [-0.39, 0.29) is 36.9 Å². The Morgan fingerprint density at radius 2 is 1.88 bits per heavy atom. The zero-order valence-electron chi connectivity index (χ0n) is 10.8.